The highest BCUT2D eigenvalue weighted by Crippen LogP contribution is 2.48. The number of aromatic nitrogens is 1. The summed E-state index contributed by atoms with van der Waals surface area (Å²) in [6.07, 6.45) is 1.51. The molecule has 9 heteroatoms. The molecule has 152 valence electrons. The third-order valence-corrected chi connectivity index (χ3v) is 6.63. The summed E-state index contributed by atoms with van der Waals surface area (Å²) in [5, 5.41) is 0.00603. The van der Waals surface area contributed by atoms with E-state index in [1.54, 1.807) is 0 Å². The second-order valence-corrected chi connectivity index (χ2v) is 8.44. The van der Waals surface area contributed by atoms with E-state index in [2.05, 4.69) is 4.98 Å². The van der Waals surface area contributed by atoms with E-state index in [9.17, 15) is 22.8 Å². The number of hydrogen-bond acceptors (Lipinski definition) is 3. The zero-order valence-electron chi connectivity index (χ0n) is 15.3. The Morgan fingerprint density at radius 1 is 1.14 bits per heavy atom. The zero-order chi connectivity index (χ0) is 20.1. The summed E-state index contributed by atoms with van der Waals surface area (Å²) >= 11 is 6.07. The van der Waals surface area contributed by atoms with Crippen molar-refractivity contribution in [2.24, 2.45) is 5.41 Å². The number of halogens is 4. The average Bonchev–Trinajstić information content (AvgIpc) is 3.20. The molecule has 0 bridgehead atoms. The molecule has 0 atom stereocenters. The number of anilines is 1. The number of pyridine rings is 1. The van der Waals surface area contributed by atoms with Crippen LogP contribution >= 0.6 is 11.6 Å². The minimum atomic E-state index is -4.46. The number of imide groups is 1. The number of nitrogens with zero attached hydrogens (tertiary/aromatic N) is 2. The SMILES string of the molecule is O=C1CC2(CCCC2)C(=O)N1C1CCN(c2[nH+]cc(C(F)(F)F)cc2Cl)CC1. The first-order chi connectivity index (χ1) is 13.2. The Labute approximate surface area is 165 Å². The minimum absolute atomic E-state index is 0.00603. The first-order valence-corrected chi connectivity index (χ1v) is 9.99. The Bertz CT molecular complexity index is 800. The van der Waals surface area contributed by atoms with Gasteiger partial charge in [-0.2, -0.15) is 13.2 Å². The van der Waals surface area contributed by atoms with Gasteiger partial charge in [-0.25, -0.2) is 4.98 Å². The molecule has 3 heterocycles. The van der Waals surface area contributed by atoms with Gasteiger partial charge in [-0.05, 0) is 18.9 Å². The number of rotatable bonds is 2. The molecule has 0 aromatic carbocycles. The molecular formula is C19H22ClF3N3O2+. The van der Waals surface area contributed by atoms with Crippen LogP contribution in [0.25, 0.3) is 0 Å². The highest BCUT2D eigenvalue weighted by Gasteiger charge is 2.54. The number of likely N-dealkylation sites (tertiary alicyclic amines) is 1. The van der Waals surface area contributed by atoms with Crippen molar-refractivity contribution in [3.63, 3.8) is 0 Å². The Morgan fingerprint density at radius 3 is 2.36 bits per heavy atom. The quantitative estimate of drug-likeness (QED) is 0.694. The molecule has 4 rings (SSSR count). The van der Waals surface area contributed by atoms with E-state index in [1.165, 1.54) is 4.90 Å². The molecule has 1 aromatic heterocycles. The minimum Gasteiger partial charge on any atom is -0.279 e. The number of nitrogens with one attached hydrogen (secondary N) is 1. The molecule has 5 nitrogen and oxygen atoms in total. The summed E-state index contributed by atoms with van der Waals surface area (Å²) in [6.45, 7) is 1.02. The molecule has 1 N–H and O–H groups in total. The van der Waals surface area contributed by atoms with Crippen LogP contribution in [0.3, 0.4) is 0 Å². The van der Waals surface area contributed by atoms with Crippen LogP contribution < -0.4 is 9.88 Å². The summed E-state index contributed by atoms with van der Waals surface area (Å²) in [5.74, 6) is 0.330. The number of H-pyrrole nitrogens is 1. The lowest BCUT2D eigenvalue weighted by molar-refractivity contribution is -0.367. The summed E-state index contributed by atoms with van der Waals surface area (Å²) < 4.78 is 38.4. The van der Waals surface area contributed by atoms with E-state index in [1.807, 2.05) is 4.90 Å². The molecule has 0 radical (unpaired) electrons. The van der Waals surface area contributed by atoms with E-state index >= 15 is 0 Å². The van der Waals surface area contributed by atoms with Gasteiger partial charge in [0.15, 0.2) is 0 Å². The maximum atomic E-state index is 12.9. The Balaban J connectivity index is 1.44. The fourth-order valence-electron chi connectivity index (χ4n) is 4.85. The normalized spacial score (nSPS) is 23.3. The second kappa shape index (κ2) is 6.90. The van der Waals surface area contributed by atoms with Crippen LogP contribution in [0.1, 0.15) is 50.5 Å². The van der Waals surface area contributed by atoms with Crippen LogP contribution in [0.15, 0.2) is 12.3 Å². The number of piperidine rings is 1. The maximum Gasteiger partial charge on any atom is 0.419 e. The number of carbonyl (C=O) groups excluding carboxylic acids is 2. The van der Waals surface area contributed by atoms with Gasteiger partial charge in [0, 0.05) is 25.3 Å². The lowest BCUT2D eigenvalue weighted by Crippen LogP contribution is -2.49. The lowest BCUT2D eigenvalue weighted by Gasteiger charge is -2.33. The van der Waals surface area contributed by atoms with Crippen molar-refractivity contribution in [3.05, 3.63) is 22.8 Å². The van der Waals surface area contributed by atoms with Crippen molar-refractivity contribution in [1.82, 2.24) is 4.90 Å². The molecular weight excluding hydrogens is 395 g/mol. The van der Waals surface area contributed by atoms with Gasteiger partial charge in [-0.3, -0.25) is 19.4 Å². The predicted molar refractivity (Wildman–Crippen MR) is 95.6 cm³/mol. The van der Waals surface area contributed by atoms with Gasteiger partial charge in [0.25, 0.3) is 5.82 Å². The molecule has 1 aliphatic carbocycles. The Kier molecular flexibility index (Phi) is 4.80. The van der Waals surface area contributed by atoms with Crippen molar-refractivity contribution in [3.8, 4) is 0 Å². The van der Waals surface area contributed by atoms with Crippen LogP contribution in [0.2, 0.25) is 5.02 Å². The molecule has 2 amide bonds. The Hall–Kier alpha value is -1.83. The summed E-state index contributed by atoms with van der Waals surface area (Å²) in [4.78, 5) is 31.5. The second-order valence-electron chi connectivity index (χ2n) is 8.03. The lowest BCUT2D eigenvalue weighted by atomic mass is 9.84. The van der Waals surface area contributed by atoms with E-state index in [4.69, 9.17) is 11.6 Å². The fraction of sp³-hybridized carbons (Fsp3) is 0.632. The van der Waals surface area contributed by atoms with Crippen LogP contribution in [0.4, 0.5) is 19.0 Å². The van der Waals surface area contributed by atoms with E-state index in [-0.39, 0.29) is 22.9 Å². The van der Waals surface area contributed by atoms with Gasteiger partial charge < -0.3 is 0 Å². The highest BCUT2D eigenvalue weighted by atomic mass is 35.5. The van der Waals surface area contributed by atoms with E-state index < -0.39 is 17.2 Å². The van der Waals surface area contributed by atoms with Gasteiger partial charge in [0.1, 0.15) is 11.2 Å². The number of aromatic amines is 1. The smallest absolute Gasteiger partial charge is 0.279 e. The number of hydrogen-bond donors (Lipinski definition) is 0. The third kappa shape index (κ3) is 3.25. The molecule has 1 spiro atoms. The number of carbonyl (C=O) groups is 2. The van der Waals surface area contributed by atoms with Gasteiger partial charge in [0.05, 0.1) is 24.1 Å². The van der Waals surface area contributed by atoms with Crippen molar-refractivity contribution in [1.29, 1.82) is 0 Å². The van der Waals surface area contributed by atoms with Crippen LogP contribution in [0, 0.1) is 5.41 Å². The van der Waals surface area contributed by atoms with Crippen molar-refractivity contribution in [2.75, 3.05) is 18.0 Å². The standard InChI is InChI=1S/C19H21ClF3N3O2/c20-14-9-12(19(21,22)23)11-24-16(14)25-7-3-13(4-8-25)26-15(27)10-18(17(26)28)5-1-2-6-18/h9,11,13H,1-8,10H2/p+1. The van der Waals surface area contributed by atoms with Crippen molar-refractivity contribution in [2.45, 2.75) is 57.2 Å². The molecule has 0 unspecified atom stereocenters. The monoisotopic (exact) mass is 416 g/mol. The third-order valence-electron chi connectivity index (χ3n) is 6.34. The predicted octanol–water partition coefficient (Wildman–Crippen LogP) is 3.46. The molecule has 3 aliphatic rings. The van der Waals surface area contributed by atoms with Crippen molar-refractivity contribution < 1.29 is 27.7 Å². The average molecular weight is 417 g/mol. The number of alkyl halides is 3. The molecule has 2 saturated heterocycles. The summed E-state index contributed by atoms with van der Waals surface area (Å²) in [6, 6.07) is 0.765. The van der Waals surface area contributed by atoms with Crippen molar-refractivity contribution >= 4 is 29.2 Å². The maximum absolute atomic E-state index is 12.9. The fourth-order valence-corrected chi connectivity index (χ4v) is 5.14. The highest BCUT2D eigenvalue weighted by molar-refractivity contribution is 6.32. The van der Waals surface area contributed by atoms with Crippen LogP contribution in [0.5, 0.6) is 0 Å². The molecule has 28 heavy (non-hydrogen) atoms. The molecule has 2 aliphatic heterocycles. The first kappa shape index (κ1) is 19.5. The molecule has 1 saturated carbocycles. The van der Waals surface area contributed by atoms with E-state index in [0.717, 1.165) is 37.9 Å². The number of amides is 2. The van der Waals surface area contributed by atoms with E-state index in [0.29, 0.717) is 38.2 Å². The molecule has 1 aromatic rings. The van der Waals surface area contributed by atoms with Gasteiger partial charge >= 0.3 is 6.18 Å². The first-order valence-electron chi connectivity index (χ1n) is 9.61. The summed E-state index contributed by atoms with van der Waals surface area (Å²) in [7, 11) is 0. The van der Waals surface area contributed by atoms with Crippen LogP contribution in [-0.4, -0.2) is 35.8 Å². The topological polar surface area (TPSA) is 54.8 Å². The van der Waals surface area contributed by atoms with Gasteiger partial charge in [-0.15, -0.1) is 0 Å². The molecule has 3 fully saturated rings. The zero-order valence-corrected chi connectivity index (χ0v) is 16.1. The summed E-state index contributed by atoms with van der Waals surface area (Å²) in [5.41, 5.74) is -1.30. The van der Waals surface area contributed by atoms with Gasteiger partial charge in [-0.1, -0.05) is 24.4 Å². The largest absolute Gasteiger partial charge is 0.419 e. The Morgan fingerprint density at radius 2 is 1.79 bits per heavy atom. The van der Waals surface area contributed by atoms with Crippen LogP contribution in [-0.2, 0) is 15.8 Å². The van der Waals surface area contributed by atoms with Gasteiger partial charge in [0.2, 0.25) is 11.8 Å².